The van der Waals surface area contributed by atoms with Crippen LogP contribution in [-0.2, 0) is 6.54 Å². The molecule has 11 heteroatoms. The first kappa shape index (κ1) is 18.2. The maximum Gasteiger partial charge on any atom is 0.248 e. The van der Waals surface area contributed by atoms with Crippen LogP contribution in [0.3, 0.4) is 0 Å². The summed E-state index contributed by atoms with van der Waals surface area (Å²) in [5.74, 6) is -0.313. The Morgan fingerprint density at radius 1 is 1.07 bits per heavy atom. The molecule has 1 N–H and O–H groups in total. The molecule has 0 bridgehead atoms. The van der Waals surface area contributed by atoms with Crippen LogP contribution in [0.25, 0.3) is 16.9 Å². The molecule has 8 nitrogen and oxygen atoms in total. The maximum atomic E-state index is 13.6. The number of nitrogens with zero attached hydrogens (tertiary/aromatic N) is 7. The van der Waals surface area contributed by atoms with Gasteiger partial charge in [-0.25, -0.2) is 14.4 Å². The fraction of sp³-hybridized carbons (Fsp3) is 0.0588. The van der Waals surface area contributed by atoms with Crippen molar-refractivity contribution in [3.05, 3.63) is 70.6 Å². The van der Waals surface area contributed by atoms with E-state index < -0.39 is 5.82 Å². The Hall–Kier alpha value is -3.17. The minimum atomic E-state index is -0.622. The zero-order valence-corrected chi connectivity index (χ0v) is 15.6. The van der Waals surface area contributed by atoms with Gasteiger partial charge in [-0.3, -0.25) is 4.98 Å². The van der Waals surface area contributed by atoms with Crippen LogP contribution in [0.2, 0.25) is 10.0 Å². The van der Waals surface area contributed by atoms with E-state index in [4.69, 9.17) is 23.2 Å². The minimum absolute atomic E-state index is 0.0144. The summed E-state index contributed by atoms with van der Waals surface area (Å²) in [7, 11) is 0. The van der Waals surface area contributed by atoms with Crippen molar-refractivity contribution in [3.8, 4) is 16.9 Å². The molecule has 0 amide bonds. The SMILES string of the molecule is Fc1ccc(-n2nnnc2NCc2cccnc2-c2cncnc2)c(Cl)c1Cl. The second-order valence-electron chi connectivity index (χ2n) is 5.60. The Bertz CT molecular complexity index is 1120. The first-order chi connectivity index (χ1) is 13.6. The minimum Gasteiger partial charge on any atom is -0.349 e. The summed E-state index contributed by atoms with van der Waals surface area (Å²) in [6.07, 6.45) is 6.51. The van der Waals surface area contributed by atoms with E-state index in [1.54, 1.807) is 18.6 Å². The van der Waals surface area contributed by atoms with Crippen molar-refractivity contribution in [1.82, 2.24) is 35.2 Å². The van der Waals surface area contributed by atoms with Gasteiger partial charge in [-0.1, -0.05) is 34.4 Å². The summed E-state index contributed by atoms with van der Waals surface area (Å²) < 4.78 is 14.9. The van der Waals surface area contributed by atoms with Crippen LogP contribution in [0.1, 0.15) is 5.56 Å². The molecule has 0 saturated carbocycles. The highest BCUT2D eigenvalue weighted by Crippen LogP contribution is 2.31. The summed E-state index contributed by atoms with van der Waals surface area (Å²) in [5.41, 5.74) is 2.75. The van der Waals surface area contributed by atoms with Crippen molar-refractivity contribution in [2.75, 3.05) is 5.32 Å². The first-order valence-corrected chi connectivity index (χ1v) is 8.76. The number of hydrogen-bond donors (Lipinski definition) is 1. The third-order valence-electron chi connectivity index (χ3n) is 3.87. The number of halogens is 3. The number of aromatic nitrogens is 7. The topological polar surface area (TPSA) is 94.3 Å². The van der Waals surface area contributed by atoms with Crippen LogP contribution >= 0.6 is 23.2 Å². The molecule has 4 aromatic rings. The molecule has 0 spiro atoms. The van der Waals surface area contributed by atoms with Gasteiger partial charge in [-0.15, -0.1) is 0 Å². The predicted octanol–water partition coefficient (Wildman–Crippen LogP) is 3.57. The number of nitrogens with one attached hydrogen (secondary N) is 1. The fourth-order valence-corrected chi connectivity index (χ4v) is 2.97. The summed E-state index contributed by atoms with van der Waals surface area (Å²) in [4.78, 5) is 12.5. The smallest absolute Gasteiger partial charge is 0.248 e. The zero-order valence-electron chi connectivity index (χ0n) is 14.1. The van der Waals surface area contributed by atoms with Crippen LogP contribution < -0.4 is 5.32 Å². The second-order valence-corrected chi connectivity index (χ2v) is 6.36. The average Bonchev–Trinajstić information content (AvgIpc) is 3.20. The standard InChI is InChI=1S/C17H11Cl2FN8/c18-14-12(20)3-4-13(15(14)19)28-17(25-26-27-28)24-8-10-2-1-5-23-16(10)11-6-21-9-22-7-11/h1-7,9H,8H2,(H,24,25,27). The highest BCUT2D eigenvalue weighted by Gasteiger charge is 2.16. The van der Waals surface area contributed by atoms with Gasteiger partial charge in [0.1, 0.15) is 12.1 Å². The number of pyridine rings is 1. The number of tetrazole rings is 1. The number of anilines is 1. The van der Waals surface area contributed by atoms with Crippen LogP contribution in [-0.4, -0.2) is 35.2 Å². The summed E-state index contributed by atoms with van der Waals surface area (Å²) in [6.45, 7) is 0.366. The highest BCUT2D eigenvalue weighted by atomic mass is 35.5. The van der Waals surface area contributed by atoms with E-state index in [0.29, 0.717) is 18.2 Å². The molecule has 0 atom stereocenters. The number of rotatable bonds is 5. The fourth-order valence-electron chi connectivity index (χ4n) is 2.58. The lowest BCUT2D eigenvalue weighted by Crippen LogP contribution is -2.09. The Balaban J connectivity index is 1.62. The molecule has 0 aliphatic rings. The average molecular weight is 417 g/mol. The van der Waals surface area contributed by atoms with Crippen molar-refractivity contribution in [1.29, 1.82) is 0 Å². The molecule has 1 aromatic carbocycles. The van der Waals surface area contributed by atoms with Gasteiger partial charge in [-0.2, -0.15) is 4.68 Å². The molecule has 0 unspecified atom stereocenters. The van der Waals surface area contributed by atoms with Crippen molar-refractivity contribution in [3.63, 3.8) is 0 Å². The third-order valence-corrected chi connectivity index (χ3v) is 4.72. The lowest BCUT2D eigenvalue weighted by Gasteiger charge is -2.11. The molecular formula is C17H11Cl2FN8. The van der Waals surface area contributed by atoms with Crippen LogP contribution in [0.4, 0.5) is 10.3 Å². The van der Waals surface area contributed by atoms with Gasteiger partial charge >= 0.3 is 0 Å². The van der Waals surface area contributed by atoms with Crippen LogP contribution in [0.5, 0.6) is 0 Å². The molecule has 3 heterocycles. The van der Waals surface area contributed by atoms with Crippen molar-refractivity contribution >= 4 is 29.2 Å². The predicted molar refractivity (Wildman–Crippen MR) is 102 cm³/mol. The van der Waals surface area contributed by atoms with E-state index in [1.807, 2.05) is 12.1 Å². The van der Waals surface area contributed by atoms with Gasteiger partial charge < -0.3 is 5.32 Å². The number of benzene rings is 1. The number of hydrogen-bond acceptors (Lipinski definition) is 7. The second kappa shape index (κ2) is 7.83. The molecule has 0 aliphatic heterocycles. The van der Waals surface area contributed by atoms with Crippen molar-refractivity contribution < 1.29 is 4.39 Å². The van der Waals surface area contributed by atoms with E-state index >= 15 is 0 Å². The van der Waals surface area contributed by atoms with Gasteiger partial charge in [0, 0.05) is 30.7 Å². The van der Waals surface area contributed by atoms with Crippen LogP contribution in [0.15, 0.2) is 49.2 Å². The van der Waals surface area contributed by atoms with Gasteiger partial charge in [0.25, 0.3) is 0 Å². The first-order valence-electron chi connectivity index (χ1n) is 8.00. The van der Waals surface area contributed by atoms with E-state index in [1.165, 1.54) is 23.1 Å². The van der Waals surface area contributed by atoms with E-state index in [-0.39, 0.29) is 10.0 Å². The van der Waals surface area contributed by atoms with Gasteiger partial charge in [0.05, 0.1) is 21.4 Å². The Morgan fingerprint density at radius 3 is 2.71 bits per heavy atom. The molecule has 0 aliphatic carbocycles. The Kier molecular flexibility index (Phi) is 5.09. The Labute approximate surface area is 168 Å². The van der Waals surface area contributed by atoms with Gasteiger partial charge in [0.15, 0.2) is 0 Å². The Morgan fingerprint density at radius 2 is 1.89 bits per heavy atom. The molecule has 3 aromatic heterocycles. The van der Waals surface area contributed by atoms with Crippen molar-refractivity contribution in [2.24, 2.45) is 0 Å². The van der Waals surface area contributed by atoms with E-state index in [0.717, 1.165) is 16.8 Å². The molecule has 4 rings (SSSR count). The molecule has 0 fully saturated rings. The van der Waals surface area contributed by atoms with Gasteiger partial charge in [-0.05, 0) is 34.2 Å². The van der Waals surface area contributed by atoms with E-state index in [2.05, 4.69) is 35.8 Å². The molecule has 0 saturated heterocycles. The third kappa shape index (κ3) is 3.49. The molecule has 0 radical (unpaired) electrons. The van der Waals surface area contributed by atoms with E-state index in [9.17, 15) is 4.39 Å². The highest BCUT2D eigenvalue weighted by molar-refractivity contribution is 6.43. The maximum absolute atomic E-state index is 13.6. The monoisotopic (exact) mass is 416 g/mol. The lowest BCUT2D eigenvalue weighted by atomic mass is 10.1. The quantitative estimate of drug-likeness (QED) is 0.496. The molecular weight excluding hydrogens is 406 g/mol. The molecule has 28 heavy (non-hydrogen) atoms. The summed E-state index contributed by atoms with van der Waals surface area (Å²) in [5, 5.41) is 14.5. The summed E-state index contributed by atoms with van der Waals surface area (Å²) in [6, 6.07) is 6.38. The lowest BCUT2D eigenvalue weighted by molar-refractivity contribution is 0.627. The summed E-state index contributed by atoms with van der Waals surface area (Å²) >= 11 is 12.0. The normalized spacial score (nSPS) is 10.8. The van der Waals surface area contributed by atoms with Crippen molar-refractivity contribution in [2.45, 2.75) is 6.54 Å². The zero-order chi connectivity index (χ0) is 19.5. The van der Waals surface area contributed by atoms with Crippen LogP contribution in [0, 0.1) is 5.82 Å². The van der Waals surface area contributed by atoms with Gasteiger partial charge in [0.2, 0.25) is 5.95 Å². The largest absolute Gasteiger partial charge is 0.349 e. The molecule has 140 valence electrons.